The summed E-state index contributed by atoms with van der Waals surface area (Å²) in [5.41, 5.74) is -0.292. The Bertz CT molecular complexity index is 927. The molecular weight excluding hydrogens is 332 g/mol. The zero-order valence-corrected chi connectivity index (χ0v) is 14.0. The SMILES string of the molecule is CS(=O)(=O)N1CCC(NC(=O)c2cc3ccccc3oc2=O)CC1. The second-order valence-electron chi connectivity index (χ2n) is 5.90. The number of sulfonamides is 1. The quantitative estimate of drug-likeness (QED) is 0.831. The van der Waals surface area contributed by atoms with Gasteiger partial charge in [-0.05, 0) is 25.0 Å². The first-order chi connectivity index (χ1) is 11.3. The Balaban J connectivity index is 1.72. The van der Waals surface area contributed by atoms with Gasteiger partial charge < -0.3 is 9.73 Å². The largest absolute Gasteiger partial charge is 0.422 e. The third kappa shape index (κ3) is 3.49. The lowest BCUT2D eigenvalue weighted by atomic mass is 10.1. The number of para-hydroxylation sites is 1. The molecule has 7 nitrogen and oxygen atoms in total. The summed E-state index contributed by atoms with van der Waals surface area (Å²) in [4.78, 5) is 24.3. The Hall–Kier alpha value is -2.19. The lowest BCUT2D eigenvalue weighted by Gasteiger charge is -2.30. The minimum atomic E-state index is -3.21. The fourth-order valence-corrected chi connectivity index (χ4v) is 3.69. The normalized spacial score (nSPS) is 17.0. The van der Waals surface area contributed by atoms with Crippen molar-refractivity contribution in [3.63, 3.8) is 0 Å². The van der Waals surface area contributed by atoms with Crippen molar-refractivity contribution in [2.75, 3.05) is 19.3 Å². The highest BCUT2D eigenvalue weighted by Crippen LogP contribution is 2.15. The molecule has 128 valence electrons. The molecule has 0 bridgehead atoms. The molecule has 3 rings (SSSR count). The number of piperidine rings is 1. The molecule has 1 fully saturated rings. The monoisotopic (exact) mass is 350 g/mol. The number of carbonyl (C=O) groups excluding carboxylic acids is 1. The van der Waals surface area contributed by atoms with Crippen molar-refractivity contribution in [3.8, 4) is 0 Å². The number of amides is 1. The summed E-state index contributed by atoms with van der Waals surface area (Å²) in [6, 6.07) is 8.33. The van der Waals surface area contributed by atoms with Crippen molar-refractivity contribution in [2.24, 2.45) is 0 Å². The molecule has 0 radical (unpaired) electrons. The molecule has 0 unspecified atom stereocenters. The molecule has 0 saturated carbocycles. The summed E-state index contributed by atoms with van der Waals surface area (Å²) >= 11 is 0. The van der Waals surface area contributed by atoms with Crippen LogP contribution in [-0.4, -0.2) is 44.0 Å². The fraction of sp³-hybridized carbons (Fsp3) is 0.375. The van der Waals surface area contributed by atoms with Gasteiger partial charge >= 0.3 is 5.63 Å². The van der Waals surface area contributed by atoms with Crippen LogP contribution in [0.15, 0.2) is 39.5 Å². The summed E-state index contributed by atoms with van der Waals surface area (Å²) in [7, 11) is -3.21. The number of rotatable bonds is 3. The van der Waals surface area contributed by atoms with Crippen LogP contribution in [0, 0.1) is 0 Å². The maximum Gasteiger partial charge on any atom is 0.349 e. The molecule has 24 heavy (non-hydrogen) atoms. The number of benzene rings is 1. The van der Waals surface area contributed by atoms with E-state index in [9.17, 15) is 18.0 Å². The second kappa shape index (κ2) is 6.37. The zero-order valence-electron chi connectivity index (χ0n) is 13.2. The van der Waals surface area contributed by atoms with Gasteiger partial charge in [-0.15, -0.1) is 0 Å². The molecule has 0 spiro atoms. The number of carbonyl (C=O) groups is 1. The smallest absolute Gasteiger partial charge is 0.349 e. The van der Waals surface area contributed by atoms with Crippen molar-refractivity contribution in [1.82, 2.24) is 9.62 Å². The van der Waals surface area contributed by atoms with Crippen LogP contribution in [0.25, 0.3) is 11.0 Å². The minimum Gasteiger partial charge on any atom is -0.422 e. The summed E-state index contributed by atoms with van der Waals surface area (Å²) in [6.07, 6.45) is 2.20. The van der Waals surface area contributed by atoms with E-state index in [2.05, 4.69) is 5.32 Å². The van der Waals surface area contributed by atoms with Crippen LogP contribution in [0.4, 0.5) is 0 Å². The van der Waals surface area contributed by atoms with Gasteiger partial charge in [-0.1, -0.05) is 18.2 Å². The van der Waals surface area contributed by atoms with Crippen LogP contribution in [0.5, 0.6) is 0 Å². The first-order valence-electron chi connectivity index (χ1n) is 7.63. The van der Waals surface area contributed by atoms with Gasteiger partial charge in [0.2, 0.25) is 10.0 Å². The topological polar surface area (TPSA) is 96.7 Å². The van der Waals surface area contributed by atoms with E-state index in [1.54, 1.807) is 24.3 Å². The summed E-state index contributed by atoms with van der Waals surface area (Å²) < 4.78 is 29.5. The van der Waals surface area contributed by atoms with Gasteiger partial charge in [-0.25, -0.2) is 17.5 Å². The molecule has 2 aromatic rings. The highest BCUT2D eigenvalue weighted by Gasteiger charge is 2.26. The lowest BCUT2D eigenvalue weighted by molar-refractivity contribution is 0.0920. The molecule has 0 atom stereocenters. The van der Waals surface area contributed by atoms with E-state index in [1.807, 2.05) is 0 Å². The average molecular weight is 350 g/mol. The van der Waals surface area contributed by atoms with Gasteiger partial charge in [0.25, 0.3) is 5.91 Å². The van der Waals surface area contributed by atoms with Crippen LogP contribution in [-0.2, 0) is 10.0 Å². The van der Waals surface area contributed by atoms with Crippen LogP contribution in [0.3, 0.4) is 0 Å². The molecule has 2 heterocycles. The van der Waals surface area contributed by atoms with Crippen LogP contribution < -0.4 is 10.9 Å². The van der Waals surface area contributed by atoms with E-state index >= 15 is 0 Å². The Kier molecular flexibility index (Phi) is 4.42. The average Bonchev–Trinajstić information content (AvgIpc) is 2.53. The molecule has 1 aliphatic heterocycles. The third-order valence-corrected chi connectivity index (χ3v) is 5.45. The molecule has 1 N–H and O–H groups in total. The number of hydrogen-bond acceptors (Lipinski definition) is 5. The number of fused-ring (bicyclic) bond motifs is 1. The van der Waals surface area contributed by atoms with Crippen molar-refractivity contribution < 1.29 is 17.6 Å². The Labute approximate surface area is 139 Å². The molecule has 1 aromatic carbocycles. The first-order valence-corrected chi connectivity index (χ1v) is 9.48. The highest BCUT2D eigenvalue weighted by molar-refractivity contribution is 7.88. The van der Waals surface area contributed by atoms with Gasteiger partial charge in [0.1, 0.15) is 11.1 Å². The predicted octanol–water partition coefficient (Wildman–Crippen LogP) is 0.947. The number of nitrogens with one attached hydrogen (secondary N) is 1. The van der Waals surface area contributed by atoms with Gasteiger partial charge in [0, 0.05) is 24.5 Å². The predicted molar refractivity (Wildman–Crippen MR) is 89.4 cm³/mol. The lowest BCUT2D eigenvalue weighted by Crippen LogP contribution is -2.46. The van der Waals surface area contributed by atoms with E-state index in [1.165, 1.54) is 16.6 Å². The maximum atomic E-state index is 12.4. The molecular formula is C16H18N2O5S. The Morgan fingerprint density at radius 2 is 1.92 bits per heavy atom. The van der Waals surface area contributed by atoms with E-state index in [-0.39, 0.29) is 11.6 Å². The summed E-state index contributed by atoms with van der Waals surface area (Å²) in [6.45, 7) is 0.714. The van der Waals surface area contributed by atoms with E-state index < -0.39 is 21.6 Å². The van der Waals surface area contributed by atoms with Gasteiger partial charge in [-0.2, -0.15) is 0 Å². The van der Waals surface area contributed by atoms with Crippen molar-refractivity contribution >= 4 is 26.9 Å². The zero-order chi connectivity index (χ0) is 17.3. The standard InChI is InChI=1S/C16H18N2O5S/c1-24(21,22)18-8-6-12(7-9-18)17-15(19)13-10-11-4-2-3-5-14(11)23-16(13)20/h2-5,10,12H,6-9H2,1H3,(H,17,19). The van der Waals surface area contributed by atoms with E-state index in [0.717, 1.165) is 0 Å². The fourth-order valence-electron chi connectivity index (χ4n) is 2.82. The number of nitrogens with zero attached hydrogens (tertiary/aromatic N) is 1. The molecule has 1 saturated heterocycles. The summed E-state index contributed by atoms with van der Waals surface area (Å²) in [5.74, 6) is -0.493. The number of hydrogen-bond donors (Lipinski definition) is 1. The molecule has 1 aromatic heterocycles. The Morgan fingerprint density at radius 1 is 1.25 bits per heavy atom. The van der Waals surface area contributed by atoms with Crippen LogP contribution >= 0.6 is 0 Å². The Morgan fingerprint density at radius 3 is 2.58 bits per heavy atom. The summed E-state index contributed by atoms with van der Waals surface area (Å²) in [5, 5.41) is 3.47. The van der Waals surface area contributed by atoms with Crippen molar-refractivity contribution in [1.29, 1.82) is 0 Å². The van der Waals surface area contributed by atoms with E-state index in [0.29, 0.717) is 36.9 Å². The van der Waals surface area contributed by atoms with E-state index in [4.69, 9.17) is 4.42 Å². The van der Waals surface area contributed by atoms with Gasteiger partial charge in [0.15, 0.2) is 0 Å². The first kappa shape index (κ1) is 16.7. The van der Waals surface area contributed by atoms with Crippen LogP contribution in [0.2, 0.25) is 0 Å². The minimum absolute atomic E-state index is 0.0424. The van der Waals surface area contributed by atoms with Gasteiger partial charge in [-0.3, -0.25) is 4.79 Å². The van der Waals surface area contributed by atoms with Crippen LogP contribution in [0.1, 0.15) is 23.2 Å². The van der Waals surface area contributed by atoms with Crippen molar-refractivity contribution in [2.45, 2.75) is 18.9 Å². The third-order valence-electron chi connectivity index (χ3n) is 4.14. The maximum absolute atomic E-state index is 12.4. The molecule has 1 aliphatic rings. The van der Waals surface area contributed by atoms with Crippen molar-refractivity contribution in [3.05, 3.63) is 46.3 Å². The van der Waals surface area contributed by atoms with Gasteiger partial charge in [0.05, 0.1) is 6.26 Å². The molecule has 0 aliphatic carbocycles. The second-order valence-corrected chi connectivity index (χ2v) is 7.88. The molecule has 1 amide bonds. The molecule has 8 heteroatoms. The highest BCUT2D eigenvalue weighted by atomic mass is 32.2.